The van der Waals surface area contributed by atoms with Crippen molar-refractivity contribution in [2.45, 2.75) is 27.4 Å². The molecule has 7 nitrogen and oxygen atoms in total. The Morgan fingerprint density at radius 3 is 2.50 bits per heavy atom. The lowest BCUT2D eigenvalue weighted by atomic mass is 10.1. The Bertz CT molecular complexity index is 1380. The molecule has 0 bridgehead atoms. The van der Waals surface area contributed by atoms with Gasteiger partial charge in [0.05, 0.1) is 39.8 Å². The highest BCUT2D eigenvalue weighted by molar-refractivity contribution is 6.32. The van der Waals surface area contributed by atoms with Crippen LogP contribution in [-0.2, 0) is 6.61 Å². The molecule has 2 aromatic heterocycles. The minimum atomic E-state index is 0.317. The Hall–Kier alpha value is -4.02. The van der Waals surface area contributed by atoms with Crippen LogP contribution in [0.5, 0.6) is 11.5 Å². The fourth-order valence-corrected chi connectivity index (χ4v) is 4.22. The molecule has 0 aliphatic rings. The van der Waals surface area contributed by atoms with Crippen molar-refractivity contribution in [1.29, 1.82) is 5.26 Å². The predicted molar refractivity (Wildman–Crippen MR) is 144 cm³/mol. The molecule has 2 heterocycles. The second kappa shape index (κ2) is 11.6. The molecule has 0 unspecified atom stereocenters. The molecule has 0 spiro atoms. The van der Waals surface area contributed by atoms with Crippen LogP contribution in [0.1, 0.15) is 32.0 Å². The molecule has 0 saturated carbocycles. The molecular weight excluding hydrogens is 474 g/mol. The minimum Gasteiger partial charge on any atom is -0.492 e. The van der Waals surface area contributed by atoms with Crippen LogP contribution in [0, 0.1) is 11.3 Å². The van der Waals surface area contributed by atoms with Crippen LogP contribution >= 0.6 is 11.6 Å². The van der Waals surface area contributed by atoms with Gasteiger partial charge >= 0.3 is 0 Å². The van der Waals surface area contributed by atoms with E-state index in [1.54, 1.807) is 24.5 Å². The third-order valence-electron chi connectivity index (χ3n) is 5.78. The summed E-state index contributed by atoms with van der Waals surface area (Å²) in [7, 11) is 0. The first kappa shape index (κ1) is 25.1. The summed E-state index contributed by atoms with van der Waals surface area (Å²) in [6.45, 7) is 8.68. The van der Waals surface area contributed by atoms with Crippen molar-refractivity contribution < 1.29 is 9.47 Å². The number of aromatic nitrogens is 2. The first-order chi connectivity index (χ1) is 17.6. The van der Waals surface area contributed by atoms with Crippen LogP contribution in [0.4, 0.5) is 17.1 Å². The normalized spacial score (nSPS) is 10.6. The zero-order valence-electron chi connectivity index (χ0n) is 20.6. The molecule has 0 radical (unpaired) electrons. The minimum absolute atomic E-state index is 0.317. The van der Waals surface area contributed by atoms with Crippen molar-refractivity contribution in [3.63, 3.8) is 0 Å². The maximum absolute atomic E-state index is 9.83. The summed E-state index contributed by atoms with van der Waals surface area (Å²) in [6, 6.07) is 17.3. The van der Waals surface area contributed by atoms with Crippen molar-refractivity contribution in [3.8, 4) is 17.6 Å². The number of pyridine rings is 2. The Kier molecular flexibility index (Phi) is 8.09. The van der Waals surface area contributed by atoms with E-state index >= 15 is 0 Å². The van der Waals surface area contributed by atoms with E-state index in [4.69, 9.17) is 21.1 Å². The van der Waals surface area contributed by atoms with Crippen molar-refractivity contribution in [2.75, 3.05) is 29.9 Å². The number of hydrogen-bond acceptors (Lipinski definition) is 7. The Balaban J connectivity index is 1.69. The highest BCUT2D eigenvalue weighted by Gasteiger charge is 2.17. The molecule has 0 amide bonds. The monoisotopic (exact) mass is 501 g/mol. The summed E-state index contributed by atoms with van der Waals surface area (Å²) in [5, 5.41) is 14.5. The second-order valence-electron chi connectivity index (χ2n) is 7.98. The van der Waals surface area contributed by atoms with Crippen molar-refractivity contribution in [1.82, 2.24) is 9.97 Å². The summed E-state index contributed by atoms with van der Waals surface area (Å²) >= 11 is 6.53. The number of nitrogens with one attached hydrogen (secondary N) is 1. The number of halogens is 1. The maximum Gasteiger partial charge on any atom is 0.144 e. The van der Waals surface area contributed by atoms with Gasteiger partial charge in [0.25, 0.3) is 0 Å². The molecule has 2 aromatic carbocycles. The molecule has 8 heteroatoms. The molecule has 184 valence electrons. The number of ether oxygens (including phenoxy) is 2. The molecule has 1 N–H and O–H groups in total. The third-order valence-corrected chi connectivity index (χ3v) is 6.07. The van der Waals surface area contributed by atoms with E-state index in [0.29, 0.717) is 35.2 Å². The smallest absolute Gasteiger partial charge is 0.144 e. The van der Waals surface area contributed by atoms with Gasteiger partial charge in [-0.2, -0.15) is 5.26 Å². The van der Waals surface area contributed by atoms with E-state index in [1.165, 1.54) is 0 Å². The third kappa shape index (κ3) is 5.45. The predicted octanol–water partition coefficient (Wildman–Crippen LogP) is 6.72. The Morgan fingerprint density at radius 1 is 1.00 bits per heavy atom. The van der Waals surface area contributed by atoms with Gasteiger partial charge in [-0.1, -0.05) is 17.7 Å². The lowest BCUT2D eigenvalue weighted by Crippen LogP contribution is -2.22. The first-order valence-corrected chi connectivity index (χ1v) is 12.3. The quantitative estimate of drug-likeness (QED) is 0.258. The maximum atomic E-state index is 9.83. The number of benzene rings is 2. The average molecular weight is 502 g/mol. The summed E-state index contributed by atoms with van der Waals surface area (Å²) in [6.07, 6.45) is 3.30. The topological polar surface area (TPSA) is 83.3 Å². The van der Waals surface area contributed by atoms with Gasteiger partial charge in [0.2, 0.25) is 0 Å². The van der Waals surface area contributed by atoms with Gasteiger partial charge in [-0.05, 0) is 57.2 Å². The van der Waals surface area contributed by atoms with E-state index < -0.39 is 0 Å². The zero-order chi connectivity index (χ0) is 25.5. The van der Waals surface area contributed by atoms with Crippen LogP contribution in [0.15, 0.2) is 60.9 Å². The molecular formula is C28H28ClN5O2. The van der Waals surface area contributed by atoms with Gasteiger partial charge in [-0.25, -0.2) is 0 Å². The van der Waals surface area contributed by atoms with Gasteiger partial charge in [-0.3, -0.25) is 9.97 Å². The van der Waals surface area contributed by atoms with Crippen molar-refractivity contribution >= 4 is 39.6 Å². The highest BCUT2D eigenvalue weighted by Crippen LogP contribution is 2.38. The number of hydrogen-bond donors (Lipinski definition) is 1. The van der Waals surface area contributed by atoms with Crippen LogP contribution in [-0.4, -0.2) is 29.7 Å². The number of rotatable bonds is 10. The van der Waals surface area contributed by atoms with Crippen LogP contribution in [0.3, 0.4) is 0 Å². The molecule has 36 heavy (non-hydrogen) atoms. The van der Waals surface area contributed by atoms with Crippen molar-refractivity contribution in [3.05, 3.63) is 77.2 Å². The van der Waals surface area contributed by atoms with Crippen LogP contribution < -0.4 is 19.7 Å². The number of nitrogens with zero attached hydrogens (tertiary/aromatic N) is 4. The number of anilines is 3. The number of fused-ring (bicyclic) bond motifs is 1. The van der Waals surface area contributed by atoms with Gasteiger partial charge in [0.1, 0.15) is 24.2 Å². The zero-order valence-corrected chi connectivity index (χ0v) is 21.3. The standard InChI is InChI=1S/C28H28ClN5O2/c1-4-34(5-2)25-14-22-24(15-27(25)35-6-3)32-17-19(16-30)28(22)33-20-10-11-26(23(29)13-20)36-18-21-9-7-8-12-31-21/h7-15,17H,4-6,18H2,1-3H3,(H,32,33). The number of nitriles is 1. The SMILES string of the molecule is CCOc1cc2ncc(C#N)c(Nc3ccc(OCc4ccccn4)c(Cl)c3)c2cc1N(CC)CC. The Labute approximate surface area is 216 Å². The first-order valence-electron chi connectivity index (χ1n) is 11.9. The van der Waals surface area contributed by atoms with Crippen LogP contribution in [0.2, 0.25) is 5.02 Å². The fraction of sp³-hybridized carbons (Fsp3) is 0.250. The molecule has 0 atom stereocenters. The van der Waals surface area contributed by atoms with Crippen molar-refractivity contribution in [2.24, 2.45) is 0 Å². The molecule has 4 aromatic rings. The molecule has 0 saturated heterocycles. The summed E-state index contributed by atoms with van der Waals surface area (Å²) in [4.78, 5) is 11.0. The Morgan fingerprint density at radius 2 is 1.83 bits per heavy atom. The van der Waals surface area contributed by atoms with Crippen LogP contribution in [0.25, 0.3) is 10.9 Å². The van der Waals surface area contributed by atoms with Gasteiger partial charge in [0.15, 0.2) is 0 Å². The van der Waals surface area contributed by atoms with Gasteiger partial charge < -0.3 is 19.7 Å². The largest absolute Gasteiger partial charge is 0.492 e. The second-order valence-corrected chi connectivity index (χ2v) is 8.39. The van der Waals surface area contributed by atoms with E-state index in [9.17, 15) is 5.26 Å². The lowest BCUT2D eigenvalue weighted by molar-refractivity contribution is 0.301. The van der Waals surface area contributed by atoms with E-state index in [0.717, 1.165) is 46.8 Å². The highest BCUT2D eigenvalue weighted by atomic mass is 35.5. The van der Waals surface area contributed by atoms with E-state index in [1.807, 2.05) is 43.3 Å². The van der Waals surface area contributed by atoms with E-state index in [2.05, 4.69) is 40.1 Å². The summed E-state index contributed by atoms with van der Waals surface area (Å²) in [5.41, 5.74) is 4.34. The molecule has 0 fully saturated rings. The summed E-state index contributed by atoms with van der Waals surface area (Å²) in [5.74, 6) is 1.33. The molecule has 0 aliphatic carbocycles. The molecule has 4 rings (SSSR count). The van der Waals surface area contributed by atoms with Gasteiger partial charge in [0, 0.05) is 42.6 Å². The van der Waals surface area contributed by atoms with Gasteiger partial charge in [-0.15, -0.1) is 0 Å². The molecule has 0 aliphatic heterocycles. The average Bonchev–Trinajstić information content (AvgIpc) is 2.90. The lowest BCUT2D eigenvalue weighted by Gasteiger charge is -2.25. The fourth-order valence-electron chi connectivity index (χ4n) is 3.99. The summed E-state index contributed by atoms with van der Waals surface area (Å²) < 4.78 is 11.8. The van der Waals surface area contributed by atoms with E-state index in [-0.39, 0.29) is 0 Å².